The SMILES string of the molecule is CCN(CCNC(=O)c1cc(OC)c(C)c(OC)c1)c1ccccc1C. The first-order valence-electron chi connectivity index (χ1n) is 8.83. The molecule has 0 aliphatic rings. The molecule has 0 bridgehead atoms. The molecule has 0 saturated heterocycles. The molecule has 2 rings (SSSR count). The standard InChI is InChI=1S/C21H28N2O3/c1-6-23(18-10-8-7-9-15(18)2)12-11-22-21(24)17-13-19(25-4)16(3)20(14-17)26-5/h7-10,13-14H,6,11-12H2,1-5H3,(H,22,24). The largest absolute Gasteiger partial charge is 0.496 e. The summed E-state index contributed by atoms with van der Waals surface area (Å²) in [5.41, 5.74) is 3.84. The number of carbonyl (C=O) groups excluding carboxylic acids is 1. The van der Waals surface area contributed by atoms with Gasteiger partial charge >= 0.3 is 0 Å². The van der Waals surface area contributed by atoms with E-state index in [9.17, 15) is 4.79 Å². The second-order valence-corrected chi connectivity index (χ2v) is 6.13. The van der Waals surface area contributed by atoms with Crippen LogP contribution < -0.4 is 19.7 Å². The number of ether oxygens (including phenoxy) is 2. The lowest BCUT2D eigenvalue weighted by Gasteiger charge is -2.25. The second-order valence-electron chi connectivity index (χ2n) is 6.13. The van der Waals surface area contributed by atoms with Gasteiger partial charge in [0.05, 0.1) is 14.2 Å². The molecule has 0 aliphatic carbocycles. The highest BCUT2D eigenvalue weighted by molar-refractivity contribution is 5.95. The lowest BCUT2D eigenvalue weighted by molar-refractivity contribution is 0.0954. The molecule has 0 radical (unpaired) electrons. The van der Waals surface area contributed by atoms with Crippen molar-refractivity contribution in [2.75, 3.05) is 38.8 Å². The van der Waals surface area contributed by atoms with Gasteiger partial charge in [0.2, 0.25) is 0 Å². The van der Waals surface area contributed by atoms with Gasteiger partial charge in [-0.25, -0.2) is 0 Å². The van der Waals surface area contributed by atoms with E-state index in [2.05, 4.69) is 36.2 Å². The second kappa shape index (κ2) is 9.13. The summed E-state index contributed by atoms with van der Waals surface area (Å²) in [6.45, 7) is 8.30. The molecule has 26 heavy (non-hydrogen) atoms. The van der Waals surface area contributed by atoms with Gasteiger partial charge in [-0.15, -0.1) is 0 Å². The predicted molar refractivity (Wildman–Crippen MR) is 106 cm³/mol. The minimum Gasteiger partial charge on any atom is -0.496 e. The van der Waals surface area contributed by atoms with Crippen LogP contribution in [0, 0.1) is 13.8 Å². The summed E-state index contributed by atoms with van der Waals surface area (Å²) in [6, 6.07) is 11.8. The number of hydrogen-bond acceptors (Lipinski definition) is 4. The number of nitrogens with zero attached hydrogens (tertiary/aromatic N) is 1. The van der Waals surface area contributed by atoms with Crippen molar-refractivity contribution < 1.29 is 14.3 Å². The molecule has 2 aromatic rings. The van der Waals surface area contributed by atoms with Crippen molar-refractivity contribution in [1.29, 1.82) is 0 Å². The summed E-state index contributed by atoms with van der Waals surface area (Å²) in [6.07, 6.45) is 0. The Labute approximate surface area is 155 Å². The van der Waals surface area contributed by atoms with E-state index in [1.807, 2.05) is 19.1 Å². The zero-order valence-corrected chi connectivity index (χ0v) is 16.3. The fourth-order valence-electron chi connectivity index (χ4n) is 2.99. The third-order valence-electron chi connectivity index (χ3n) is 4.52. The van der Waals surface area contributed by atoms with Crippen LogP contribution in [0.5, 0.6) is 11.5 Å². The van der Waals surface area contributed by atoms with Crippen LogP contribution in [0.15, 0.2) is 36.4 Å². The fraction of sp³-hybridized carbons (Fsp3) is 0.381. The maximum Gasteiger partial charge on any atom is 0.251 e. The first-order chi connectivity index (χ1) is 12.5. The first kappa shape index (κ1) is 19.6. The summed E-state index contributed by atoms with van der Waals surface area (Å²) < 4.78 is 10.7. The maximum absolute atomic E-state index is 12.5. The van der Waals surface area contributed by atoms with E-state index in [1.54, 1.807) is 26.4 Å². The molecular weight excluding hydrogens is 328 g/mol. The lowest BCUT2D eigenvalue weighted by Crippen LogP contribution is -2.35. The zero-order chi connectivity index (χ0) is 19.1. The number of likely N-dealkylation sites (N-methyl/N-ethyl adjacent to an activating group) is 1. The molecule has 1 amide bonds. The van der Waals surface area contributed by atoms with E-state index in [1.165, 1.54) is 11.3 Å². The molecular formula is C21H28N2O3. The zero-order valence-electron chi connectivity index (χ0n) is 16.3. The lowest BCUT2D eigenvalue weighted by atomic mass is 10.1. The number of rotatable bonds is 8. The van der Waals surface area contributed by atoms with Crippen LogP contribution in [0.2, 0.25) is 0 Å². The van der Waals surface area contributed by atoms with Crippen LogP contribution in [0.25, 0.3) is 0 Å². The van der Waals surface area contributed by atoms with E-state index < -0.39 is 0 Å². The molecule has 0 atom stereocenters. The average molecular weight is 356 g/mol. The summed E-state index contributed by atoms with van der Waals surface area (Å²) >= 11 is 0. The molecule has 0 unspecified atom stereocenters. The summed E-state index contributed by atoms with van der Waals surface area (Å²) in [5.74, 6) is 1.15. The van der Waals surface area contributed by atoms with Crippen LogP contribution >= 0.6 is 0 Å². The van der Waals surface area contributed by atoms with Crippen molar-refractivity contribution in [3.63, 3.8) is 0 Å². The number of carbonyl (C=O) groups is 1. The number of anilines is 1. The molecule has 5 nitrogen and oxygen atoms in total. The quantitative estimate of drug-likeness (QED) is 0.785. The fourth-order valence-corrected chi connectivity index (χ4v) is 2.99. The molecule has 0 fully saturated rings. The van der Waals surface area contributed by atoms with Crippen molar-refractivity contribution in [3.8, 4) is 11.5 Å². The number of para-hydroxylation sites is 1. The van der Waals surface area contributed by atoms with Gasteiger partial charge in [-0.05, 0) is 44.5 Å². The van der Waals surface area contributed by atoms with Gasteiger partial charge < -0.3 is 19.7 Å². The number of methoxy groups -OCH3 is 2. The maximum atomic E-state index is 12.5. The smallest absolute Gasteiger partial charge is 0.251 e. The molecule has 1 N–H and O–H groups in total. The van der Waals surface area contributed by atoms with E-state index in [4.69, 9.17) is 9.47 Å². The Bertz CT molecular complexity index is 734. The highest BCUT2D eigenvalue weighted by atomic mass is 16.5. The van der Waals surface area contributed by atoms with Gasteiger partial charge in [0, 0.05) is 36.4 Å². The van der Waals surface area contributed by atoms with Gasteiger partial charge in [-0.3, -0.25) is 4.79 Å². The minimum atomic E-state index is -0.137. The third-order valence-corrected chi connectivity index (χ3v) is 4.52. The Morgan fingerprint density at radius 2 is 1.69 bits per heavy atom. The number of aryl methyl sites for hydroxylation is 1. The topological polar surface area (TPSA) is 50.8 Å². The number of benzene rings is 2. The molecule has 5 heteroatoms. The Kier molecular flexibility index (Phi) is 6.89. The average Bonchev–Trinajstić information content (AvgIpc) is 2.66. The van der Waals surface area contributed by atoms with Crippen molar-refractivity contribution in [2.24, 2.45) is 0 Å². The van der Waals surface area contributed by atoms with E-state index in [-0.39, 0.29) is 5.91 Å². The minimum absolute atomic E-state index is 0.137. The Morgan fingerprint density at radius 1 is 1.08 bits per heavy atom. The molecule has 0 heterocycles. The van der Waals surface area contributed by atoms with E-state index in [0.717, 1.165) is 18.7 Å². The van der Waals surface area contributed by atoms with Gasteiger partial charge in [0.1, 0.15) is 11.5 Å². The number of amides is 1. The molecule has 140 valence electrons. The first-order valence-corrected chi connectivity index (χ1v) is 8.83. The molecule has 2 aromatic carbocycles. The predicted octanol–water partition coefficient (Wildman–Crippen LogP) is 3.58. The van der Waals surface area contributed by atoms with E-state index >= 15 is 0 Å². The van der Waals surface area contributed by atoms with Crippen molar-refractivity contribution in [1.82, 2.24) is 5.32 Å². The summed E-state index contributed by atoms with van der Waals surface area (Å²) in [4.78, 5) is 14.8. The Balaban J connectivity index is 2.03. The van der Waals surface area contributed by atoms with Crippen molar-refractivity contribution >= 4 is 11.6 Å². The highest BCUT2D eigenvalue weighted by Crippen LogP contribution is 2.29. The summed E-state index contributed by atoms with van der Waals surface area (Å²) in [5, 5.41) is 2.98. The van der Waals surface area contributed by atoms with E-state index in [0.29, 0.717) is 23.6 Å². The molecule has 0 aliphatic heterocycles. The summed E-state index contributed by atoms with van der Waals surface area (Å²) in [7, 11) is 3.18. The van der Waals surface area contributed by atoms with Gasteiger partial charge in [0.25, 0.3) is 5.91 Å². The van der Waals surface area contributed by atoms with Crippen LogP contribution in [0.4, 0.5) is 5.69 Å². The highest BCUT2D eigenvalue weighted by Gasteiger charge is 2.14. The molecule has 0 saturated carbocycles. The van der Waals surface area contributed by atoms with Crippen molar-refractivity contribution in [2.45, 2.75) is 20.8 Å². The number of hydrogen-bond donors (Lipinski definition) is 1. The normalized spacial score (nSPS) is 10.3. The van der Waals surface area contributed by atoms with Crippen LogP contribution in [-0.4, -0.2) is 39.8 Å². The molecule has 0 aromatic heterocycles. The Morgan fingerprint density at radius 3 is 2.23 bits per heavy atom. The monoisotopic (exact) mass is 356 g/mol. The van der Waals surface area contributed by atoms with Crippen LogP contribution in [0.1, 0.15) is 28.4 Å². The van der Waals surface area contributed by atoms with Gasteiger partial charge in [0.15, 0.2) is 0 Å². The molecule has 0 spiro atoms. The third kappa shape index (κ3) is 4.48. The van der Waals surface area contributed by atoms with Gasteiger partial charge in [-0.2, -0.15) is 0 Å². The number of nitrogens with one attached hydrogen (secondary N) is 1. The van der Waals surface area contributed by atoms with Gasteiger partial charge in [-0.1, -0.05) is 18.2 Å². The van der Waals surface area contributed by atoms with Crippen LogP contribution in [-0.2, 0) is 0 Å². The Hall–Kier alpha value is -2.69. The van der Waals surface area contributed by atoms with Crippen LogP contribution in [0.3, 0.4) is 0 Å². The van der Waals surface area contributed by atoms with Crippen molar-refractivity contribution in [3.05, 3.63) is 53.1 Å².